The topological polar surface area (TPSA) is 88.3 Å². The van der Waals surface area contributed by atoms with Crippen LogP contribution in [0.3, 0.4) is 0 Å². The van der Waals surface area contributed by atoms with Gasteiger partial charge in [-0.1, -0.05) is 6.07 Å². The molecule has 1 aromatic heterocycles. The van der Waals surface area contributed by atoms with E-state index in [1.807, 2.05) is 63.2 Å². The third kappa shape index (κ3) is 5.34. The number of anilines is 2. The summed E-state index contributed by atoms with van der Waals surface area (Å²) in [5.74, 6) is 0. The molecule has 9 heteroatoms. The minimum Gasteiger partial charge on any atom is -0.399 e. The minimum absolute atomic E-state index is 0.333. The normalized spacial score (nSPS) is 13.8. The Morgan fingerprint density at radius 1 is 1.10 bits per heavy atom. The molecule has 3 aromatic rings. The number of nitrogen functional groups attached to an aromatic ring is 1. The first-order valence-electron chi connectivity index (χ1n) is 9.28. The molecular formula is C21H26N4O2S3. The standard InChI is InChI=1S/C21H26N4O2S3/c1-21(2,3)24-30(27)19-12-16(25(4)29(5)26)10-11-17(19)18-13-23-20(28-18)14-6-8-15(22)9-7-14/h6-13,24H,22H2,1-5H3. The number of hydrogen-bond acceptors (Lipinski definition) is 5. The number of hydrogen-bond donors (Lipinski definition) is 2. The minimum atomic E-state index is -1.46. The number of nitrogens with two attached hydrogens (primary N) is 1. The highest BCUT2D eigenvalue weighted by molar-refractivity contribution is 7.85. The number of benzene rings is 2. The summed E-state index contributed by atoms with van der Waals surface area (Å²) in [4.78, 5) is 6.09. The van der Waals surface area contributed by atoms with Gasteiger partial charge in [0.2, 0.25) is 0 Å². The van der Waals surface area contributed by atoms with Gasteiger partial charge in [-0.2, -0.15) is 0 Å². The lowest BCUT2D eigenvalue weighted by molar-refractivity contribution is 0.520. The molecule has 0 radical (unpaired) electrons. The van der Waals surface area contributed by atoms with Crippen LogP contribution in [0.4, 0.5) is 11.4 Å². The van der Waals surface area contributed by atoms with Gasteiger partial charge in [-0.15, -0.1) is 11.3 Å². The van der Waals surface area contributed by atoms with Crippen molar-refractivity contribution in [1.29, 1.82) is 0 Å². The van der Waals surface area contributed by atoms with Crippen LogP contribution in [0, 0.1) is 0 Å². The maximum atomic E-state index is 13.2. The number of nitrogens with one attached hydrogen (secondary N) is 1. The largest absolute Gasteiger partial charge is 0.399 e. The second-order valence-corrected chi connectivity index (χ2v) is 11.5. The summed E-state index contributed by atoms with van der Waals surface area (Å²) < 4.78 is 29.9. The molecule has 2 unspecified atom stereocenters. The summed E-state index contributed by atoms with van der Waals surface area (Å²) in [6, 6.07) is 13.2. The third-order valence-electron chi connectivity index (χ3n) is 4.24. The summed E-state index contributed by atoms with van der Waals surface area (Å²) in [6.07, 6.45) is 3.41. The van der Waals surface area contributed by atoms with Gasteiger partial charge in [0.25, 0.3) is 0 Å². The van der Waals surface area contributed by atoms with Gasteiger partial charge >= 0.3 is 0 Å². The molecule has 0 fully saturated rings. The lowest BCUT2D eigenvalue weighted by Gasteiger charge is -2.22. The molecule has 3 rings (SSSR count). The van der Waals surface area contributed by atoms with Gasteiger partial charge in [0, 0.05) is 41.9 Å². The number of thiazole rings is 1. The second-order valence-electron chi connectivity index (χ2n) is 7.87. The fraction of sp³-hybridized carbons (Fsp3) is 0.286. The van der Waals surface area contributed by atoms with Crippen LogP contribution in [0.2, 0.25) is 0 Å². The Hall–Kier alpha value is -2.07. The Morgan fingerprint density at radius 2 is 1.77 bits per heavy atom. The second kappa shape index (κ2) is 8.97. The number of rotatable bonds is 6. The molecule has 30 heavy (non-hydrogen) atoms. The lowest BCUT2D eigenvalue weighted by atomic mass is 10.1. The Kier molecular flexibility index (Phi) is 6.76. The van der Waals surface area contributed by atoms with Crippen LogP contribution in [0.1, 0.15) is 20.8 Å². The molecule has 2 atom stereocenters. The van der Waals surface area contributed by atoms with Gasteiger partial charge in [-0.3, -0.25) is 4.31 Å². The SMILES string of the molecule is CN(c1ccc(-c2cnc(-c3ccc(N)cc3)s2)c(S(=O)NC(C)(C)C)c1)S(C)=O. The summed E-state index contributed by atoms with van der Waals surface area (Å²) in [5, 5.41) is 0.862. The van der Waals surface area contributed by atoms with Crippen LogP contribution in [0.25, 0.3) is 21.0 Å². The third-order valence-corrected chi connectivity index (χ3v) is 7.84. The zero-order valence-electron chi connectivity index (χ0n) is 17.6. The maximum Gasteiger partial charge on any atom is 0.126 e. The first kappa shape index (κ1) is 22.6. The summed E-state index contributed by atoms with van der Waals surface area (Å²) in [6.45, 7) is 5.90. The predicted molar refractivity (Wildman–Crippen MR) is 129 cm³/mol. The molecule has 0 aliphatic rings. The van der Waals surface area contributed by atoms with Gasteiger partial charge < -0.3 is 5.73 Å². The van der Waals surface area contributed by atoms with Crippen LogP contribution < -0.4 is 14.8 Å². The van der Waals surface area contributed by atoms with Crippen LogP contribution >= 0.6 is 11.3 Å². The average Bonchev–Trinajstić information content (AvgIpc) is 3.16. The maximum absolute atomic E-state index is 13.2. The van der Waals surface area contributed by atoms with Crippen molar-refractivity contribution in [1.82, 2.24) is 9.71 Å². The summed E-state index contributed by atoms with van der Waals surface area (Å²) in [5.41, 5.74) is 8.71. The Balaban J connectivity index is 2.06. The van der Waals surface area contributed by atoms with Gasteiger partial charge in [-0.25, -0.2) is 18.1 Å². The zero-order chi connectivity index (χ0) is 22.1. The molecule has 0 saturated heterocycles. The number of nitrogens with zero attached hydrogens (tertiary/aromatic N) is 2. The Bertz CT molecular complexity index is 1090. The van der Waals surface area contributed by atoms with Crippen LogP contribution in [-0.4, -0.2) is 32.2 Å². The van der Waals surface area contributed by atoms with Crippen molar-refractivity contribution >= 4 is 44.7 Å². The van der Waals surface area contributed by atoms with E-state index < -0.39 is 22.0 Å². The van der Waals surface area contributed by atoms with Crippen molar-refractivity contribution in [3.8, 4) is 21.0 Å². The van der Waals surface area contributed by atoms with Gasteiger partial charge in [0.1, 0.15) is 27.0 Å². The van der Waals surface area contributed by atoms with Crippen molar-refractivity contribution < 1.29 is 8.42 Å². The van der Waals surface area contributed by atoms with E-state index in [0.717, 1.165) is 26.7 Å². The molecule has 3 N–H and O–H groups in total. The predicted octanol–water partition coefficient (Wildman–Crippen LogP) is 4.20. The van der Waals surface area contributed by atoms with E-state index in [1.165, 1.54) is 11.3 Å². The number of aromatic nitrogens is 1. The monoisotopic (exact) mass is 462 g/mol. The quantitative estimate of drug-likeness (QED) is 0.538. The molecule has 6 nitrogen and oxygen atoms in total. The van der Waals surface area contributed by atoms with Gasteiger partial charge in [0.05, 0.1) is 15.5 Å². The summed E-state index contributed by atoms with van der Waals surface area (Å²) in [7, 11) is -0.887. The van der Waals surface area contributed by atoms with E-state index in [9.17, 15) is 8.42 Å². The van der Waals surface area contributed by atoms with Gasteiger partial charge in [0.15, 0.2) is 0 Å². The van der Waals surface area contributed by atoms with Gasteiger partial charge in [-0.05, 0) is 57.2 Å². The summed E-state index contributed by atoms with van der Waals surface area (Å²) >= 11 is 1.53. The van der Waals surface area contributed by atoms with Crippen molar-refractivity contribution in [2.75, 3.05) is 23.3 Å². The molecule has 2 aromatic carbocycles. The molecule has 0 saturated carbocycles. The van der Waals surface area contributed by atoms with Crippen molar-refractivity contribution in [2.45, 2.75) is 31.2 Å². The zero-order valence-corrected chi connectivity index (χ0v) is 20.1. The first-order valence-corrected chi connectivity index (χ1v) is 12.8. The molecule has 0 amide bonds. The van der Waals surface area contributed by atoms with Crippen molar-refractivity contribution in [2.24, 2.45) is 0 Å². The average molecular weight is 463 g/mol. The fourth-order valence-corrected chi connectivity index (χ4v) is 5.41. The molecule has 0 aliphatic carbocycles. The van der Waals surface area contributed by atoms with Crippen LogP contribution in [0.5, 0.6) is 0 Å². The van der Waals surface area contributed by atoms with Crippen LogP contribution in [0.15, 0.2) is 53.6 Å². The molecule has 0 spiro atoms. The first-order chi connectivity index (χ1) is 14.0. The van der Waals surface area contributed by atoms with E-state index in [2.05, 4.69) is 9.71 Å². The van der Waals surface area contributed by atoms with E-state index in [1.54, 1.807) is 23.8 Å². The Morgan fingerprint density at radius 3 is 2.37 bits per heavy atom. The lowest BCUT2D eigenvalue weighted by Crippen LogP contribution is -2.37. The van der Waals surface area contributed by atoms with Crippen molar-refractivity contribution in [3.05, 3.63) is 48.7 Å². The fourth-order valence-electron chi connectivity index (χ4n) is 2.70. The molecule has 0 aliphatic heterocycles. The molecular weight excluding hydrogens is 436 g/mol. The highest BCUT2D eigenvalue weighted by atomic mass is 32.2. The van der Waals surface area contributed by atoms with E-state index in [4.69, 9.17) is 5.73 Å². The van der Waals surface area contributed by atoms with E-state index in [-0.39, 0.29) is 5.54 Å². The molecule has 160 valence electrons. The van der Waals surface area contributed by atoms with Crippen LogP contribution in [-0.2, 0) is 22.0 Å². The van der Waals surface area contributed by atoms with E-state index in [0.29, 0.717) is 10.6 Å². The van der Waals surface area contributed by atoms with Crippen molar-refractivity contribution in [3.63, 3.8) is 0 Å². The Labute approximate surface area is 186 Å². The highest BCUT2D eigenvalue weighted by Crippen LogP contribution is 2.37. The molecule has 1 heterocycles. The van der Waals surface area contributed by atoms with E-state index >= 15 is 0 Å². The smallest absolute Gasteiger partial charge is 0.126 e. The molecule has 0 bridgehead atoms. The highest BCUT2D eigenvalue weighted by Gasteiger charge is 2.21.